The SMILES string of the molecule is Cc1cc2cc(NC(=O)CCCCCCN)ccc2[nH]1. The molecule has 0 bridgehead atoms. The van der Waals surface area contributed by atoms with Crippen molar-refractivity contribution in [3.63, 3.8) is 0 Å². The van der Waals surface area contributed by atoms with Crippen molar-refractivity contribution in [2.45, 2.75) is 39.0 Å². The molecule has 4 nitrogen and oxygen atoms in total. The van der Waals surface area contributed by atoms with Crippen LogP contribution in [0.15, 0.2) is 24.3 Å². The molecule has 4 heteroatoms. The summed E-state index contributed by atoms with van der Waals surface area (Å²) in [6.45, 7) is 2.77. The van der Waals surface area contributed by atoms with Crippen LogP contribution in [-0.4, -0.2) is 17.4 Å². The van der Waals surface area contributed by atoms with Gasteiger partial charge >= 0.3 is 0 Å². The molecule has 20 heavy (non-hydrogen) atoms. The summed E-state index contributed by atoms with van der Waals surface area (Å²) >= 11 is 0. The van der Waals surface area contributed by atoms with Gasteiger partial charge in [0.25, 0.3) is 0 Å². The van der Waals surface area contributed by atoms with Gasteiger partial charge in [-0.25, -0.2) is 0 Å². The summed E-state index contributed by atoms with van der Waals surface area (Å²) in [6, 6.07) is 8.02. The summed E-state index contributed by atoms with van der Waals surface area (Å²) in [5.74, 6) is 0.0874. The van der Waals surface area contributed by atoms with Crippen molar-refractivity contribution >= 4 is 22.5 Å². The molecule has 0 saturated heterocycles. The van der Waals surface area contributed by atoms with E-state index in [-0.39, 0.29) is 5.91 Å². The smallest absolute Gasteiger partial charge is 0.224 e. The second-order valence-electron chi connectivity index (χ2n) is 5.26. The number of carbonyl (C=O) groups excluding carboxylic acids is 1. The third-order valence-corrected chi connectivity index (χ3v) is 3.40. The Balaban J connectivity index is 1.83. The molecule has 1 aromatic heterocycles. The topological polar surface area (TPSA) is 70.9 Å². The Morgan fingerprint density at radius 3 is 2.80 bits per heavy atom. The lowest BCUT2D eigenvalue weighted by Gasteiger charge is -2.05. The summed E-state index contributed by atoms with van der Waals surface area (Å²) in [4.78, 5) is 15.1. The van der Waals surface area contributed by atoms with E-state index in [4.69, 9.17) is 5.73 Å². The second-order valence-corrected chi connectivity index (χ2v) is 5.26. The van der Waals surface area contributed by atoms with E-state index in [0.29, 0.717) is 6.42 Å². The highest BCUT2D eigenvalue weighted by atomic mass is 16.1. The maximum atomic E-state index is 11.8. The number of carbonyl (C=O) groups is 1. The van der Waals surface area contributed by atoms with Crippen molar-refractivity contribution in [1.29, 1.82) is 0 Å². The molecule has 2 aromatic rings. The van der Waals surface area contributed by atoms with Crippen LogP contribution in [0.2, 0.25) is 0 Å². The van der Waals surface area contributed by atoms with Gasteiger partial charge in [-0.2, -0.15) is 0 Å². The molecule has 4 N–H and O–H groups in total. The first-order valence-electron chi connectivity index (χ1n) is 7.28. The van der Waals surface area contributed by atoms with E-state index in [1.165, 1.54) is 0 Å². The molecule has 0 aliphatic heterocycles. The van der Waals surface area contributed by atoms with E-state index in [9.17, 15) is 4.79 Å². The maximum absolute atomic E-state index is 11.8. The van der Waals surface area contributed by atoms with E-state index in [0.717, 1.165) is 54.5 Å². The van der Waals surface area contributed by atoms with Gasteiger partial charge in [-0.3, -0.25) is 4.79 Å². The highest BCUT2D eigenvalue weighted by Gasteiger charge is 2.04. The Morgan fingerprint density at radius 1 is 1.20 bits per heavy atom. The number of hydrogen-bond donors (Lipinski definition) is 3. The minimum Gasteiger partial charge on any atom is -0.359 e. The maximum Gasteiger partial charge on any atom is 0.224 e. The molecular weight excluding hydrogens is 250 g/mol. The molecular formula is C16H23N3O. The zero-order valence-electron chi connectivity index (χ0n) is 12.0. The minimum absolute atomic E-state index is 0.0874. The molecule has 1 aromatic carbocycles. The molecule has 1 heterocycles. The number of hydrogen-bond acceptors (Lipinski definition) is 2. The number of nitrogens with two attached hydrogens (primary N) is 1. The van der Waals surface area contributed by atoms with Crippen LogP contribution in [0, 0.1) is 6.92 Å². The molecule has 0 saturated carbocycles. The average molecular weight is 273 g/mol. The number of aromatic amines is 1. The summed E-state index contributed by atoms with van der Waals surface area (Å²) in [5.41, 5.74) is 8.53. The number of aromatic nitrogens is 1. The fraction of sp³-hybridized carbons (Fsp3) is 0.438. The number of amides is 1. The Hall–Kier alpha value is -1.81. The standard InChI is InChI=1S/C16H23N3O/c1-12-10-13-11-14(7-8-15(13)18-12)19-16(20)6-4-2-3-5-9-17/h7-8,10-11,18H,2-6,9,17H2,1H3,(H,19,20). The molecule has 0 fully saturated rings. The lowest BCUT2D eigenvalue weighted by molar-refractivity contribution is -0.116. The highest BCUT2D eigenvalue weighted by Crippen LogP contribution is 2.20. The monoisotopic (exact) mass is 273 g/mol. The quantitative estimate of drug-likeness (QED) is 0.677. The molecule has 0 spiro atoms. The van der Waals surface area contributed by atoms with Crippen molar-refractivity contribution in [1.82, 2.24) is 4.98 Å². The Labute approximate surface area is 119 Å². The van der Waals surface area contributed by atoms with Crippen molar-refractivity contribution in [3.8, 4) is 0 Å². The zero-order valence-corrected chi connectivity index (χ0v) is 12.0. The van der Waals surface area contributed by atoms with Gasteiger partial charge < -0.3 is 16.0 Å². The first-order valence-corrected chi connectivity index (χ1v) is 7.28. The van der Waals surface area contributed by atoms with Crippen molar-refractivity contribution in [2.24, 2.45) is 5.73 Å². The lowest BCUT2D eigenvalue weighted by atomic mass is 10.1. The molecule has 1 amide bonds. The van der Waals surface area contributed by atoms with Gasteiger partial charge in [-0.1, -0.05) is 12.8 Å². The third kappa shape index (κ3) is 4.10. The van der Waals surface area contributed by atoms with Crippen LogP contribution in [0.25, 0.3) is 10.9 Å². The molecule has 0 radical (unpaired) electrons. The van der Waals surface area contributed by atoms with Crippen LogP contribution < -0.4 is 11.1 Å². The number of rotatable bonds is 7. The highest BCUT2D eigenvalue weighted by molar-refractivity contribution is 5.93. The summed E-state index contributed by atoms with van der Waals surface area (Å²) in [5, 5.41) is 4.08. The second kappa shape index (κ2) is 7.10. The van der Waals surface area contributed by atoms with Gasteiger partial charge in [0, 0.05) is 28.7 Å². The van der Waals surface area contributed by atoms with Crippen LogP contribution in [-0.2, 0) is 4.79 Å². The summed E-state index contributed by atoms with van der Waals surface area (Å²) < 4.78 is 0. The van der Waals surface area contributed by atoms with Crippen LogP contribution in [0.3, 0.4) is 0 Å². The molecule has 0 aliphatic rings. The number of fused-ring (bicyclic) bond motifs is 1. The number of aryl methyl sites for hydroxylation is 1. The lowest BCUT2D eigenvalue weighted by Crippen LogP contribution is -2.11. The van der Waals surface area contributed by atoms with Crippen LogP contribution in [0.5, 0.6) is 0 Å². The number of anilines is 1. The average Bonchev–Trinajstić information content (AvgIpc) is 2.78. The predicted octanol–water partition coefficient (Wildman–Crippen LogP) is 3.32. The van der Waals surface area contributed by atoms with Crippen LogP contribution in [0.1, 0.15) is 37.8 Å². The summed E-state index contributed by atoms with van der Waals surface area (Å²) in [6.07, 6.45) is 4.73. The fourth-order valence-electron chi connectivity index (χ4n) is 2.36. The van der Waals surface area contributed by atoms with Gasteiger partial charge in [0.05, 0.1) is 0 Å². The van der Waals surface area contributed by atoms with Gasteiger partial charge in [0.2, 0.25) is 5.91 Å². The van der Waals surface area contributed by atoms with Crippen molar-refractivity contribution in [2.75, 3.05) is 11.9 Å². The molecule has 108 valence electrons. The van der Waals surface area contributed by atoms with E-state index < -0.39 is 0 Å². The fourth-order valence-corrected chi connectivity index (χ4v) is 2.36. The first-order chi connectivity index (χ1) is 9.69. The Kier molecular flexibility index (Phi) is 5.18. The number of H-pyrrole nitrogens is 1. The molecule has 2 rings (SSSR count). The van der Waals surface area contributed by atoms with E-state index in [2.05, 4.69) is 16.4 Å². The normalized spacial score (nSPS) is 10.9. The molecule has 0 aliphatic carbocycles. The third-order valence-electron chi connectivity index (χ3n) is 3.40. The Bertz CT molecular complexity index is 574. The van der Waals surface area contributed by atoms with Gasteiger partial charge in [-0.15, -0.1) is 0 Å². The van der Waals surface area contributed by atoms with Gasteiger partial charge in [0.15, 0.2) is 0 Å². The van der Waals surface area contributed by atoms with E-state index in [1.807, 2.05) is 25.1 Å². The number of benzene rings is 1. The van der Waals surface area contributed by atoms with Crippen LogP contribution in [0.4, 0.5) is 5.69 Å². The van der Waals surface area contributed by atoms with Gasteiger partial charge in [-0.05, 0) is 50.6 Å². The molecule has 0 atom stereocenters. The predicted molar refractivity (Wildman–Crippen MR) is 83.8 cm³/mol. The van der Waals surface area contributed by atoms with E-state index in [1.54, 1.807) is 0 Å². The minimum atomic E-state index is 0.0874. The van der Waals surface area contributed by atoms with E-state index >= 15 is 0 Å². The summed E-state index contributed by atoms with van der Waals surface area (Å²) in [7, 11) is 0. The number of nitrogens with one attached hydrogen (secondary N) is 2. The molecule has 0 unspecified atom stereocenters. The zero-order chi connectivity index (χ0) is 14.4. The Morgan fingerprint density at radius 2 is 2.00 bits per heavy atom. The first kappa shape index (κ1) is 14.6. The largest absolute Gasteiger partial charge is 0.359 e. The van der Waals surface area contributed by atoms with Gasteiger partial charge in [0.1, 0.15) is 0 Å². The van der Waals surface area contributed by atoms with Crippen LogP contribution >= 0.6 is 0 Å². The van der Waals surface area contributed by atoms with Crippen molar-refractivity contribution < 1.29 is 4.79 Å². The number of unbranched alkanes of at least 4 members (excludes halogenated alkanes) is 3. The van der Waals surface area contributed by atoms with Crippen molar-refractivity contribution in [3.05, 3.63) is 30.0 Å².